The van der Waals surface area contributed by atoms with Gasteiger partial charge in [0.15, 0.2) is 9.84 Å². The van der Waals surface area contributed by atoms with Gasteiger partial charge in [-0.25, -0.2) is 13.1 Å². The van der Waals surface area contributed by atoms with E-state index < -0.39 is 15.9 Å². The molecule has 7 heteroatoms. The Morgan fingerprint density at radius 3 is 2.63 bits per heavy atom. The zero-order chi connectivity index (χ0) is 14.2. The second kappa shape index (κ2) is 5.07. The van der Waals surface area contributed by atoms with Crippen molar-refractivity contribution in [3.8, 4) is 5.69 Å². The molecule has 0 aliphatic carbocycles. The van der Waals surface area contributed by atoms with Crippen molar-refractivity contribution in [2.45, 2.75) is 17.9 Å². The van der Waals surface area contributed by atoms with Crippen LogP contribution in [-0.2, 0) is 9.84 Å². The standard InChI is InChI=1S/C12H13BrN2O3S/c1-8(16)11-5-9(13)3-4-12(11)15-7-10(6-14-15)19(2,17)18/h3-8,16H,1-2H3. The van der Waals surface area contributed by atoms with Gasteiger partial charge in [0.05, 0.1) is 18.0 Å². The van der Waals surface area contributed by atoms with E-state index in [0.29, 0.717) is 11.3 Å². The van der Waals surface area contributed by atoms with E-state index in [2.05, 4.69) is 21.0 Å². The first-order chi connectivity index (χ1) is 8.79. The van der Waals surface area contributed by atoms with Crippen LogP contribution in [0.25, 0.3) is 5.69 Å². The van der Waals surface area contributed by atoms with Gasteiger partial charge in [0.1, 0.15) is 4.90 Å². The Labute approximate surface area is 119 Å². The lowest BCUT2D eigenvalue weighted by atomic mass is 10.1. The highest BCUT2D eigenvalue weighted by Crippen LogP contribution is 2.25. The summed E-state index contributed by atoms with van der Waals surface area (Å²) in [5.74, 6) is 0. The molecule has 2 rings (SSSR count). The molecule has 5 nitrogen and oxygen atoms in total. The average molecular weight is 345 g/mol. The summed E-state index contributed by atoms with van der Waals surface area (Å²) in [6.07, 6.45) is 3.18. The van der Waals surface area contributed by atoms with Gasteiger partial charge in [0.25, 0.3) is 0 Å². The molecule has 0 fully saturated rings. The van der Waals surface area contributed by atoms with E-state index in [0.717, 1.165) is 10.7 Å². The Bertz CT molecular complexity index is 708. The van der Waals surface area contributed by atoms with Crippen LogP contribution in [0.5, 0.6) is 0 Å². The molecular formula is C12H13BrN2O3S. The van der Waals surface area contributed by atoms with Crippen molar-refractivity contribution in [1.29, 1.82) is 0 Å². The lowest BCUT2D eigenvalue weighted by Gasteiger charge is -2.12. The smallest absolute Gasteiger partial charge is 0.178 e. The van der Waals surface area contributed by atoms with Crippen molar-refractivity contribution in [3.05, 3.63) is 40.6 Å². The van der Waals surface area contributed by atoms with Gasteiger partial charge in [0.2, 0.25) is 0 Å². The monoisotopic (exact) mass is 344 g/mol. The Morgan fingerprint density at radius 1 is 1.42 bits per heavy atom. The van der Waals surface area contributed by atoms with Gasteiger partial charge in [-0.2, -0.15) is 5.10 Å². The second-order valence-corrected chi connectivity index (χ2v) is 7.20. The third kappa shape index (κ3) is 3.05. The average Bonchev–Trinajstić information content (AvgIpc) is 2.77. The van der Waals surface area contributed by atoms with Gasteiger partial charge >= 0.3 is 0 Å². The molecule has 102 valence electrons. The molecule has 1 unspecified atom stereocenters. The summed E-state index contributed by atoms with van der Waals surface area (Å²) in [5, 5.41) is 13.8. The molecule has 1 N–H and O–H groups in total. The second-order valence-electron chi connectivity index (χ2n) is 4.27. The van der Waals surface area contributed by atoms with Crippen molar-refractivity contribution < 1.29 is 13.5 Å². The molecule has 2 aromatic rings. The Kier molecular flexibility index (Phi) is 3.80. The van der Waals surface area contributed by atoms with Crippen molar-refractivity contribution in [3.63, 3.8) is 0 Å². The van der Waals surface area contributed by atoms with Crippen LogP contribution >= 0.6 is 15.9 Å². The largest absolute Gasteiger partial charge is 0.389 e. The van der Waals surface area contributed by atoms with Crippen molar-refractivity contribution in [2.24, 2.45) is 0 Å². The molecule has 1 heterocycles. The molecule has 0 saturated carbocycles. The molecule has 1 aromatic heterocycles. The normalized spacial score (nSPS) is 13.5. The molecule has 0 radical (unpaired) electrons. The van der Waals surface area contributed by atoms with E-state index in [9.17, 15) is 13.5 Å². The summed E-state index contributed by atoms with van der Waals surface area (Å²) >= 11 is 3.34. The van der Waals surface area contributed by atoms with E-state index in [1.54, 1.807) is 19.1 Å². The number of hydrogen-bond acceptors (Lipinski definition) is 4. The summed E-state index contributed by atoms with van der Waals surface area (Å²) in [7, 11) is -3.29. The van der Waals surface area contributed by atoms with Crippen LogP contribution in [0.1, 0.15) is 18.6 Å². The van der Waals surface area contributed by atoms with E-state index in [-0.39, 0.29) is 4.90 Å². The Morgan fingerprint density at radius 2 is 2.11 bits per heavy atom. The van der Waals surface area contributed by atoms with E-state index in [4.69, 9.17) is 0 Å². The highest BCUT2D eigenvalue weighted by Gasteiger charge is 2.14. The van der Waals surface area contributed by atoms with Crippen LogP contribution in [0.2, 0.25) is 0 Å². The highest BCUT2D eigenvalue weighted by molar-refractivity contribution is 9.10. The van der Waals surface area contributed by atoms with Crippen molar-refractivity contribution >= 4 is 25.8 Å². The van der Waals surface area contributed by atoms with Crippen molar-refractivity contribution in [2.75, 3.05) is 6.26 Å². The Hall–Kier alpha value is -1.18. The fourth-order valence-corrected chi connectivity index (χ4v) is 2.61. The maximum Gasteiger partial charge on any atom is 0.178 e. The first-order valence-electron chi connectivity index (χ1n) is 5.51. The minimum absolute atomic E-state index is 0.145. The number of sulfone groups is 1. The maximum absolute atomic E-state index is 11.4. The van der Waals surface area contributed by atoms with E-state index in [1.807, 2.05) is 6.07 Å². The summed E-state index contributed by atoms with van der Waals surface area (Å²) in [5.41, 5.74) is 1.31. The third-order valence-corrected chi connectivity index (χ3v) is 4.23. The third-order valence-electron chi connectivity index (χ3n) is 2.67. The molecule has 0 aliphatic heterocycles. The van der Waals surface area contributed by atoms with Crippen LogP contribution in [0, 0.1) is 0 Å². The zero-order valence-electron chi connectivity index (χ0n) is 10.4. The molecule has 1 atom stereocenters. The molecule has 0 spiro atoms. The minimum atomic E-state index is -3.29. The van der Waals surface area contributed by atoms with Gasteiger partial charge in [-0.15, -0.1) is 0 Å². The molecule has 0 aliphatic rings. The molecule has 1 aromatic carbocycles. The number of aromatic nitrogens is 2. The van der Waals surface area contributed by atoms with Gasteiger partial charge in [0, 0.05) is 22.5 Å². The van der Waals surface area contributed by atoms with Gasteiger partial charge in [-0.3, -0.25) is 0 Å². The number of rotatable bonds is 3. The lowest BCUT2D eigenvalue weighted by Crippen LogP contribution is -2.03. The van der Waals surface area contributed by atoms with E-state index in [1.165, 1.54) is 17.1 Å². The lowest BCUT2D eigenvalue weighted by molar-refractivity contribution is 0.199. The highest BCUT2D eigenvalue weighted by atomic mass is 79.9. The number of halogens is 1. The zero-order valence-corrected chi connectivity index (χ0v) is 12.8. The fraction of sp³-hybridized carbons (Fsp3) is 0.250. The van der Waals surface area contributed by atoms with Crippen molar-refractivity contribution in [1.82, 2.24) is 9.78 Å². The van der Waals surface area contributed by atoms with Gasteiger partial charge in [-0.1, -0.05) is 15.9 Å². The summed E-state index contributed by atoms with van der Waals surface area (Å²) in [4.78, 5) is 0.145. The SMILES string of the molecule is CC(O)c1cc(Br)ccc1-n1cc(S(C)(=O)=O)cn1. The topological polar surface area (TPSA) is 72.2 Å². The number of benzene rings is 1. The van der Waals surface area contributed by atoms with Gasteiger partial charge in [-0.05, 0) is 25.1 Å². The summed E-state index contributed by atoms with van der Waals surface area (Å²) < 4.78 is 25.2. The summed E-state index contributed by atoms with van der Waals surface area (Å²) in [6, 6.07) is 5.36. The number of hydrogen-bond donors (Lipinski definition) is 1. The Balaban J connectivity index is 2.56. The molecular weight excluding hydrogens is 332 g/mol. The maximum atomic E-state index is 11.4. The van der Waals surface area contributed by atoms with Crippen LogP contribution in [-0.4, -0.2) is 29.6 Å². The molecule has 0 bridgehead atoms. The summed E-state index contributed by atoms with van der Waals surface area (Å²) in [6.45, 7) is 1.65. The van der Waals surface area contributed by atoms with E-state index >= 15 is 0 Å². The quantitative estimate of drug-likeness (QED) is 0.925. The number of aliphatic hydroxyl groups excluding tert-OH is 1. The minimum Gasteiger partial charge on any atom is -0.389 e. The fourth-order valence-electron chi connectivity index (χ4n) is 1.70. The molecule has 0 saturated heterocycles. The molecule has 0 amide bonds. The number of aliphatic hydroxyl groups is 1. The van der Waals surface area contributed by atoms with Crippen LogP contribution < -0.4 is 0 Å². The van der Waals surface area contributed by atoms with Crippen LogP contribution in [0.15, 0.2) is 40.0 Å². The predicted octanol–water partition coefficient (Wildman–Crippen LogP) is 2.09. The first kappa shape index (κ1) is 14.2. The number of nitrogens with zero attached hydrogens (tertiary/aromatic N) is 2. The van der Waals surface area contributed by atoms with Crippen LogP contribution in [0.4, 0.5) is 0 Å². The first-order valence-corrected chi connectivity index (χ1v) is 8.20. The van der Waals surface area contributed by atoms with Crippen LogP contribution in [0.3, 0.4) is 0 Å². The van der Waals surface area contributed by atoms with Gasteiger partial charge < -0.3 is 5.11 Å². The molecule has 19 heavy (non-hydrogen) atoms. The predicted molar refractivity (Wildman–Crippen MR) is 75.0 cm³/mol.